The van der Waals surface area contributed by atoms with Gasteiger partial charge in [0.25, 0.3) is 5.91 Å². The molecule has 1 saturated heterocycles. The van der Waals surface area contributed by atoms with Gasteiger partial charge in [-0.05, 0) is 31.0 Å². The Hall–Kier alpha value is -2.83. The highest BCUT2D eigenvalue weighted by atomic mass is 16.5. The van der Waals surface area contributed by atoms with E-state index in [4.69, 9.17) is 4.74 Å². The molecule has 2 aliphatic heterocycles. The summed E-state index contributed by atoms with van der Waals surface area (Å²) >= 11 is 0. The second-order valence-corrected chi connectivity index (χ2v) is 7.43. The third kappa shape index (κ3) is 2.95. The van der Waals surface area contributed by atoms with Crippen LogP contribution < -0.4 is 4.74 Å². The van der Waals surface area contributed by atoms with Crippen molar-refractivity contribution in [1.29, 1.82) is 0 Å². The van der Waals surface area contributed by atoms with Crippen molar-refractivity contribution in [2.75, 3.05) is 26.7 Å². The Morgan fingerprint density at radius 3 is 2.75 bits per heavy atom. The lowest BCUT2D eigenvalue weighted by Gasteiger charge is -2.50. The maximum absolute atomic E-state index is 13.0. The summed E-state index contributed by atoms with van der Waals surface area (Å²) in [7, 11) is 1.60. The Kier molecular flexibility index (Phi) is 4.83. The quantitative estimate of drug-likeness (QED) is 0.884. The highest BCUT2D eigenvalue weighted by Crippen LogP contribution is 2.42. The van der Waals surface area contributed by atoms with Gasteiger partial charge in [0.15, 0.2) is 0 Å². The molecule has 1 aromatic carbocycles. The van der Waals surface area contributed by atoms with Gasteiger partial charge in [0.2, 0.25) is 5.91 Å². The highest BCUT2D eigenvalue weighted by molar-refractivity contribution is 5.94. The van der Waals surface area contributed by atoms with Crippen molar-refractivity contribution in [3.63, 3.8) is 0 Å². The smallest absolute Gasteiger partial charge is 0.253 e. The van der Waals surface area contributed by atoms with E-state index in [1.54, 1.807) is 19.5 Å². The van der Waals surface area contributed by atoms with Gasteiger partial charge in [-0.25, -0.2) is 4.98 Å². The van der Waals surface area contributed by atoms with Gasteiger partial charge in [0.1, 0.15) is 5.75 Å². The number of rotatable bonds is 3. The standard InChI is InChI=1S/C21H26N4O3/c1-3-18(26)25-10-7-17-19(23-14-22-17)21(25)8-11-24(12-9-21)20(27)15-5-4-6-16(13-15)28-2/h4-6,13-14H,3,7-12H2,1-2H3,(H,22,23). The number of H-pyrrole nitrogens is 1. The van der Waals surface area contributed by atoms with E-state index in [-0.39, 0.29) is 11.8 Å². The average molecular weight is 382 g/mol. The maximum atomic E-state index is 13.0. The van der Waals surface area contributed by atoms with Crippen LogP contribution in [0.3, 0.4) is 0 Å². The van der Waals surface area contributed by atoms with Crippen molar-refractivity contribution < 1.29 is 14.3 Å². The van der Waals surface area contributed by atoms with Crippen LogP contribution in [0.5, 0.6) is 5.75 Å². The number of amides is 2. The predicted octanol–water partition coefficient (Wildman–Crippen LogP) is 2.34. The SMILES string of the molecule is CCC(=O)N1CCc2[nH]cnc2C12CCN(C(=O)c1cccc(OC)c1)CC2. The van der Waals surface area contributed by atoms with Crippen molar-refractivity contribution in [2.45, 2.75) is 38.1 Å². The summed E-state index contributed by atoms with van der Waals surface area (Å²) in [4.78, 5) is 37.3. The molecule has 0 unspecified atom stereocenters. The van der Waals surface area contributed by atoms with Crippen LogP contribution in [0.4, 0.5) is 0 Å². The van der Waals surface area contributed by atoms with Crippen LogP contribution in [-0.4, -0.2) is 58.3 Å². The van der Waals surface area contributed by atoms with Gasteiger partial charge >= 0.3 is 0 Å². The Labute approximate surface area is 164 Å². The molecule has 7 heteroatoms. The average Bonchev–Trinajstić information content (AvgIpc) is 3.24. The van der Waals surface area contributed by atoms with Gasteiger partial charge in [-0.1, -0.05) is 13.0 Å². The minimum absolute atomic E-state index is 0.000166. The zero-order valence-electron chi connectivity index (χ0n) is 16.4. The van der Waals surface area contributed by atoms with E-state index < -0.39 is 5.54 Å². The van der Waals surface area contributed by atoms with Crippen LogP contribution in [0.25, 0.3) is 0 Å². The molecule has 1 N–H and O–H groups in total. The second kappa shape index (κ2) is 7.30. The van der Waals surface area contributed by atoms with E-state index in [1.807, 2.05) is 34.9 Å². The Bertz CT molecular complexity index is 883. The summed E-state index contributed by atoms with van der Waals surface area (Å²) in [6, 6.07) is 7.24. The molecule has 4 rings (SSSR count). The number of hydrogen-bond acceptors (Lipinski definition) is 4. The first-order valence-electron chi connectivity index (χ1n) is 9.85. The van der Waals surface area contributed by atoms with Gasteiger partial charge in [-0.15, -0.1) is 0 Å². The molecule has 0 atom stereocenters. The number of piperidine rings is 1. The number of aromatic amines is 1. The van der Waals surface area contributed by atoms with Crippen molar-refractivity contribution in [1.82, 2.24) is 19.8 Å². The molecule has 0 bridgehead atoms. The number of carbonyl (C=O) groups is 2. The predicted molar refractivity (Wildman–Crippen MR) is 104 cm³/mol. The number of aromatic nitrogens is 2. The van der Waals surface area contributed by atoms with E-state index in [0.717, 1.165) is 17.8 Å². The number of nitrogens with one attached hydrogen (secondary N) is 1. The summed E-state index contributed by atoms with van der Waals surface area (Å²) in [5.74, 6) is 0.828. The van der Waals surface area contributed by atoms with Crippen molar-refractivity contribution >= 4 is 11.8 Å². The summed E-state index contributed by atoms with van der Waals surface area (Å²) in [6.07, 6.45) is 4.40. The number of methoxy groups -OCH3 is 1. The number of imidazole rings is 1. The van der Waals surface area contributed by atoms with E-state index in [2.05, 4.69) is 9.97 Å². The Morgan fingerprint density at radius 1 is 1.25 bits per heavy atom. The second-order valence-electron chi connectivity index (χ2n) is 7.43. The minimum Gasteiger partial charge on any atom is -0.497 e. The molecular formula is C21H26N4O3. The summed E-state index contributed by atoms with van der Waals surface area (Å²) in [5.41, 5.74) is 2.31. The molecular weight excluding hydrogens is 356 g/mol. The topological polar surface area (TPSA) is 78.5 Å². The molecule has 1 spiro atoms. The van der Waals surface area contributed by atoms with Crippen LogP contribution in [0.2, 0.25) is 0 Å². The lowest BCUT2D eigenvalue weighted by atomic mass is 9.78. The van der Waals surface area contributed by atoms with Crippen LogP contribution in [0.1, 0.15) is 47.9 Å². The van der Waals surface area contributed by atoms with Crippen molar-refractivity contribution in [3.05, 3.63) is 47.5 Å². The maximum Gasteiger partial charge on any atom is 0.253 e. The minimum atomic E-state index is -0.411. The Morgan fingerprint density at radius 2 is 2.04 bits per heavy atom. The number of ether oxygens (including phenoxy) is 1. The van der Waals surface area contributed by atoms with Gasteiger partial charge in [-0.2, -0.15) is 0 Å². The molecule has 148 valence electrons. The molecule has 7 nitrogen and oxygen atoms in total. The molecule has 2 amide bonds. The first-order chi connectivity index (χ1) is 13.6. The lowest BCUT2D eigenvalue weighted by Crippen LogP contribution is -2.58. The zero-order chi connectivity index (χ0) is 19.7. The normalized spacial score (nSPS) is 18.1. The lowest BCUT2D eigenvalue weighted by molar-refractivity contribution is -0.141. The third-order valence-electron chi connectivity index (χ3n) is 6.06. The zero-order valence-corrected chi connectivity index (χ0v) is 16.4. The Balaban J connectivity index is 1.57. The van der Waals surface area contributed by atoms with E-state index in [1.165, 1.54) is 0 Å². The van der Waals surface area contributed by atoms with Crippen LogP contribution in [0.15, 0.2) is 30.6 Å². The van der Waals surface area contributed by atoms with Gasteiger partial charge in [-0.3, -0.25) is 9.59 Å². The fourth-order valence-corrected chi connectivity index (χ4v) is 4.56. The van der Waals surface area contributed by atoms with Gasteiger partial charge in [0, 0.05) is 43.7 Å². The van der Waals surface area contributed by atoms with Gasteiger partial charge < -0.3 is 19.5 Å². The fourth-order valence-electron chi connectivity index (χ4n) is 4.56. The molecule has 0 radical (unpaired) electrons. The molecule has 1 aromatic heterocycles. The van der Waals surface area contributed by atoms with Gasteiger partial charge in [0.05, 0.1) is 24.7 Å². The molecule has 3 heterocycles. The molecule has 1 fully saturated rings. The molecule has 0 aliphatic carbocycles. The number of likely N-dealkylation sites (tertiary alicyclic amines) is 1. The number of nitrogens with zero attached hydrogens (tertiary/aromatic N) is 3. The van der Waals surface area contributed by atoms with Crippen LogP contribution in [-0.2, 0) is 16.8 Å². The van der Waals surface area contributed by atoms with Crippen molar-refractivity contribution in [2.24, 2.45) is 0 Å². The fraction of sp³-hybridized carbons (Fsp3) is 0.476. The largest absolute Gasteiger partial charge is 0.497 e. The van der Waals surface area contributed by atoms with E-state index in [0.29, 0.717) is 50.2 Å². The first kappa shape index (κ1) is 18.5. The van der Waals surface area contributed by atoms with Crippen molar-refractivity contribution in [3.8, 4) is 5.75 Å². The summed E-state index contributed by atoms with van der Waals surface area (Å²) < 4.78 is 5.24. The molecule has 2 aliphatic rings. The van der Waals surface area contributed by atoms with Crippen LogP contribution in [0, 0.1) is 0 Å². The van der Waals surface area contributed by atoms with E-state index in [9.17, 15) is 9.59 Å². The monoisotopic (exact) mass is 382 g/mol. The summed E-state index contributed by atoms with van der Waals surface area (Å²) in [5, 5.41) is 0. The molecule has 2 aromatic rings. The molecule has 28 heavy (non-hydrogen) atoms. The number of fused-ring (bicyclic) bond motifs is 2. The van der Waals surface area contributed by atoms with Crippen LogP contribution >= 0.6 is 0 Å². The number of hydrogen-bond donors (Lipinski definition) is 1. The number of benzene rings is 1. The molecule has 0 saturated carbocycles. The third-order valence-corrected chi connectivity index (χ3v) is 6.06. The first-order valence-corrected chi connectivity index (χ1v) is 9.85. The number of carbonyl (C=O) groups excluding carboxylic acids is 2. The van der Waals surface area contributed by atoms with E-state index >= 15 is 0 Å². The highest BCUT2D eigenvalue weighted by Gasteiger charge is 2.48. The summed E-state index contributed by atoms with van der Waals surface area (Å²) in [6.45, 7) is 3.79.